The smallest absolute Gasteiger partial charge is 0.406 e. The second-order valence-corrected chi connectivity index (χ2v) is 7.35. The summed E-state index contributed by atoms with van der Waals surface area (Å²) < 4.78 is 40.4. The highest BCUT2D eigenvalue weighted by atomic mass is 19.4. The molecule has 1 aliphatic heterocycles. The number of ether oxygens (including phenoxy) is 1. The number of rotatable bonds is 5. The predicted molar refractivity (Wildman–Crippen MR) is 102 cm³/mol. The van der Waals surface area contributed by atoms with E-state index in [0.29, 0.717) is 18.4 Å². The number of carbonyl (C=O) groups excluding carboxylic acids is 3. The Hall–Kier alpha value is -3.56. The minimum Gasteiger partial charge on any atom is -0.406 e. The Balaban J connectivity index is 1.36. The van der Waals surface area contributed by atoms with Crippen molar-refractivity contribution in [2.75, 3.05) is 6.54 Å². The molecule has 2 aliphatic rings. The van der Waals surface area contributed by atoms with Crippen LogP contribution in [-0.2, 0) is 28.1 Å². The van der Waals surface area contributed by atoms with Gasteiger partial charge in [0.2, 0.25) is 5.91 Å². The molecule has 2 aromatic rings. The fraction of sp³-hybridized carbons (Fsp3) is 0.286. The zero-order chi connectivity index (χ0) is 22.2. The SMILES string of the molecule is O=C(CN1C(=O)NC2(CCc3ccccc32)C1=O)NCc1ccc(OC(F)(F)F)cc1. The highest BCUT2D eigenvalue weighted by Crippen LogP contribution is 2.41. The van der Waals surface area contributed by atoms with Crippen molar-refractivity contribution in [3.63, 3.8) is 0 Å². The van der Waals surface area contributed by atoms with Crippen LogP contribution in [-0.4, -0.2) is 35.7 Å². The fourth-order valence-electron chi connectivity index (χ4n) is 3.94. The molecule has 0 radical (unpaired) electrons. The summed E-state index contributed by atoms with van der Waals surface area (Å²) in [5, 5.41) is 5.30. The van der Waals surface area contributed by atoms with Crippen molar-refractivity contribution < 1.29 is 32.3 Å². The molecule has 2 aromatic carbocycles. The van der Waals surface area contributed by atoms with Crippen molar-refractivity contribution in [1.29, 1.82) is 0 Å². The first kappa shape index (κ1) is 20.7. The number of carbonyl (C=O) groups is 3. The quantitative estimate of drug-likeness (QED) is 0.710. The number of halogens is 3. The molecule has 4 amide bonds. The summed E-state index contributed by atoms with van der Waals surface area (Å²) in [6.07, 6.45) is -3.70. The summed E-state index contributed by atoms with van der Waals surface area (Å²) in [4.78, 5) is 38.6. The van der Waals surface area contributed by atoms with Crippen molar-refractivity contribution in [1.82, 2.24) is 15.5 Å². The lowest BCUT2D eigenvalue weighted by Crippen LogP contribution is -2.43. The number of imide groups is 1. The summed E-state index contributed by atoms with van der Waals surface area (Å²) in [5.74, 6) is -1.40. The summed E-state index contributed by atoms with van der Waals surface area (Å²) in [5.41, 5.74) is 1.13. The lowest BCUT2D eigenvalue weighted by molar-refractivity contribution is -0.274. The van der Waals surface area contributed by atoms with Gasteiger partial charge in [0, 0.05) is 6.54 Å². The Kier molecular flexibility index (Phi) is 5.08. The van der Waals surface area contributed by atoms with Gasteiger partial charge in [-0.1, -0.05) is 36.4 Å². The number of urea groups is 1. The Morgan fingerprint density at radius 2 is 1.84 bits per heavy atom. The minimum absolute atomic E-state index is 0.0166. The number of nitrogens with zero attached hydrogens (tertiary/aromatic N) is 1. The molecule has 2 N–H and O–H groups in total. The molecule has 1 unspecified atom stereocenters. The standard InChI is InChI=1S/C21H18F3N3O4/c22-21(23,24)31-15-7-5-13(6-8-15)11-25-17(28)12-27-18(29)20(26-19(27)30)10-9-14-3-1-2-4-16(14)20/h1-8H,9-12H2,(H,25,28)(H,26,30). The van der Waals surface area contributed by atoms with E-state index in [2.05, 4.69) is 15.4 Å². The number of hydrogen-bond donors (Lipinski definition) is 2. The van der Waals surface area contributed by atoms with Crippen LogP contribution in [0, 0.1) is 0 Å². The van der Waals surface area contributed by atoms with E-state index in [1.807, 2.05) is 12.1 Å². The molecule has 1 atom stereocenters. The van der Waals surface area contributed by atoms with Gasteiger partial charge >= 0.3 is 12.4 Å². The highest BCUT2D eigenvalue weighted by molar-refractivity contribution is 6.09. The molecular formula is C21H18F3N3O4. The third-order valence-electron chi connectivity index (χ3n) is 5.37. The van der Waals surface area contributed by atoms with E-state index < -0.39 is 36.3 Å². The summed E-state index contributed by atoms with van der Waals surface area (Å²) in [6, 6.07) is 11.8. The fourth-order valence-corrected chi connectivity index (χ4v) is 3.94. The Morgan fingerprint density at radius 1 is 1.13 bits per heavy atom. The average Bonchev–Trinajstić information content (AvgIpc) is 3.20. The normalized spacial score (nSPS) is 20.0. The van der Waals surface area contributed by atoms with Gasteiger partial charge in [0.15, 0.2) is 0 Å². The van der Waals surface area contributed by atoms with Gasteiger partial charge in [-0.3, -0.25) is 14.5 Å². The number of benzene rings is 2. The second kappa shape index (κ2) is 7.60. The van der Waals surface area contributed by atoms with Crippen LogP contribution >= 0.6 is 0 Å². The molecule has 31 heavy (non-hydrogen) atoms. The molecule has 4 rings (SSSR count). The van der Waals surface area contributed by atoms with Crippen LogP contribution in [0.3, 0.4) is 0 Å². The van der Waals surface area contributed by atoms with E-state index in [4.69, 9.17) is 0 Å². The number of fused-ring (bicyclic) bond motifs is 2. The lowest BCUT2D eigenvalue weighted by Gasteiger charge is -2.22. The van der Waals surface area contributed by atoms with Crippen molar-refractivity contribution in [3.05, 3.63) is 65.2 Å². The number of nitrogens with one attached hydrogen (secondary N) is 2. The minimum atomic E-state index is -4.78. The molecule has 0 aromatic heterocycles. The number of hydrogen-bond acceptors (Lipinski definition) is 4. The van der Waals surface area contributed by atoms with Crippen LogP contribution in [0.5, 0.6) is 5.75 Å². The van der Waals surface area contributed by atoms with Gasteiger partial charge in [-0.25, -0.2) is 4.79 Å². The molecule has 1 heterocycles. The maximum Gasteiger partial charge on any atom is 0.573 e. The highest BCUT2D eigenvalue weighted by Gasteiger charge is 2.55. The molecule has 162 valence electrons. The molecule has 0 bridgehead atoms. The molecule has 1 aliphatic carbocycles. The molecule has 1 saturated heterocycles. The number of amides is 4. The first-order valence-electron chi connectivity index (χ1n) is 9.52. The Morgan fingerprint density at radius 3 is 2.55 bits per heavy atom. The van der Waals surface area contributed by atoms with Crippen LogP contribution in [0.1, 0.15) is 23.1 Å². The van der Waals surface area contributed by atoms with E-state index in [0.717, 1.165) is 28.2 Å². The zero-order valence-electron chi connectivity index (χ0n) is 16.2. The molecule has 0 saturated carbocycles. The third kappa shape index (κ3) is 4.05. The van der Waals surface area contributed by atoms with Gasteiger partial charge in [0.05, 0.1) is 0 Å². The van der Waals surface area contributed by atoms with E-state index in [-0.39, 0.29) is 12.3 Å². The van der Waals surface area contributed by atoms with Crippen LogP contribution in [0.2, 0.25) is 0 Å². The van der Waals surface area contributed by atoms with Crippen LogP contribution in [0.15, 0.2) is 48.5 Å². The molecule has 1 fully saturated rings. The molecule has 7 nitrogen and oxygen atoms in total. The maximum atomic E-state index is 13.0. The zero-order valence-corrected chi connectivity index (χ0v) is 16.2. The van der Waals surface area contributed by atoms with Gasteiger partial charge in [-0.15, -0.1) is 13.2 Å². The summed E-state index contributed by atoms with van der Waals surface area (Å²) in [7, 11) is 0. The summed E-state index contributed by atoms with van der Waals surface area (Å²) in [6.45, 7) is -0.438. The molecular weight excluding hydrogens is 415 g/mol. The van der Waals surface area contributed by atoms with Crippen molar-refractivity contribution in [2.24, 2.45) is 0 Å². The Labute approximate surface area is 175 Å². The van der Waals surface area contributed by atoms with E-state index in [1.165, 1.54) is 12.1 Å². The second-order valence-electron chi connectivity index (χ2n) is 7.35. The van der Waals surface area contributed by atoms with E-state index >= 15 is 0 Å². The summed E-state index contributed by atoms with van der Waals surface area (Å²) >= 11 is 0. The van der Waals surface area contributed by atoms with Crippen LogP contribution in [0.4, 0.5) is 18.0 Å². The van der Waals surface area contributed by atoms with Crippen molar-refractivity contribution in [3.8, 4) is 5.75 Å². The van der Waals surface area contributed by atoms with E-state index in [1.54, 1.807) is 12.1 Å². The average molecular weight is 433 g/mol. The van der Waals surface area contributed by atoms with Gasteiger partial charge < -0.3 is 15.4 Å². The topological polar surface area (TPSA) is 87.7 Å². The first-order valence-corrected chi connectivity index (χ1v) is 9.52. The van der Waals surface area contributed by atoms with Crippen LogP contribution in [0.25, 0.3) is 0 Å². The molecule has 10 heteroatoms. The monoisotopic (exact) mass is 433 g/mol. The van der Waals surface area contributed by atoms with Crippen LogP contribution < -0.4 is 15.4 Å². The van der Waals surface area contributed by atoms with Gasteiger partial charge in [-0.05, 0) is 41.7 Å². The Bertz CT molecular complexity index is 1040. The van der Waals surface area contributed by atoms with Crippen molar-refractivity contribution in [2.45, 2.75) is 31.3 Å². The van der Waals surface area contributed by atoms with E-state index in [9.17, 15) is 27.6 Å². The van der Waals surface area contributed by atoms with Crippen molar-refractivity contribution >= 4 is 17.8 Å². The third-order valence-corrected chi connectivity index (χ3v) is 5.37. The molecule has 1 spiro atoms. The van der Waals surface area contributed by atoms with Gasteiger partial charge in [0.25, 0.3) is 5.91 Å². The number of alkyl halides is 3. The number of aryl methyl sites for hydroxylation is 1. The largest absolute Gasteiger partial charge is 0.573 e. The van der Waals surface area contributed by atoms with Gasteiger partial charge in [-0.2, -0.15) is 0 Å². The maximum absolute atomic E-state index is 13.0. The first-order chi connectivity index (χ1) is 14.7. The predicted octanol–water partition coefficient (Wildman–Crippen LogP) is 2.59. The van der Waals surface area contributed by atoms with Gasteiger partial charge in [0.1, 0.15) is 17.8 Å². The lowest BCUT2D eigenvalue weighted by atomic mass is 9.92.